The molecule has 1 fully saturated rings. The molecule has 0 saturated carbocycles. The van der Waals surface area contributed by atoms with Crippen molar-refractivity contribution in [3.05, 3.63) is 5.89 Å². The van der Waals surface area contributed by atoms with Crippen molar-refractivity contribution in [2.75, 3.05) is 25.5 Å². The van der Waals surface area contributed by atoms with E-state index in [0.717, 1.165) is 13.0 Å². The number of anilines is 1. The van der Waals surface area contributed by atoms with Crippen LogP contribution in [0.5, 0.6) is 0 Å². The van der Waals surface area contributed by atoms with Crippen LogP contribution in [0.15, 0.2) is 4.42 Å². The third kappa shape index (κ3) is 2.13. The first-order valence-electron chi connectivity index (χ1n) is 5.24. The van der Waals surface area contributed by atoms with E-state index in [1.807, 2.05) is 0 Å². The van der Waals surface area contributed by atoms with Gasteiger partial charge in [-0.2, -0.15) is 0 Å². The average molecular weight is 225 g/mol. The number of nitrogens with two attached hydrogens (primary N) is 1. The zero-order chi connectivity index (χ0) is 11.5. The number of nitrogens with one attached hydrogen (secondary N) is 1. The lowest BCUT2D eigenvalue weighted by molar-refractivity contribution is -0.127. The molecular weight excluding hydrogens is 210 g/mol. The zero-order valence-electron chi connectivity index (χ0n) is 9.14. The lowest BCUT2D eigenvalue weighted by Crippen LogP contribution is -2.31. The summed E-state index contributed by atoms with van der Waals surface area (Å²) >= 11 is 0. The quantitative estimate of drug-likeness (QED) is 0.697. The maximum Gasteiger partial charge on any atom is 0.316 e. The van der Waals surface area contributed by atoms with Crippen LogP contribution in [-0.4, -0.2) is 47.2 Å². The van der Waals surface area contributed by atoms with Crippen LogP contribution in [0.2, 0.25) is 0 Å². The smallest absolute Gasteiger partial charge is 0.316 e. The molecule has 7 nitrogen and oxygen atoms in total. The Morgan fingerprint density at radius 1 is 1.62 bits per heavy atom. The number of hydrogen-bond donors (Lipinski definition) is 2. The zero-order valence-corrected chi connectivity index (χ0v) is 9.14. The van der Waals surface area contributed by atoms with Crippen molar-refractivity contribution in [2.45, 2.75) is 18.9 Å². The highest BCUT2D eigenvalue weighted by Crippen LogP contribution is 2.14. The number of likely N-dealkylation sites (tertiary alicyclic amines) is 1. The number of carbonyl (C=O) groups is 1. The Morgan fingerprint density at radius 3 is 3.06 bits per heavy atom. The van der Waals surface area contributed by atoms with Crippen LogP contribution in [0.4, 0.5) is 6.01 Å². The monoisotopic (exact) mass is 225 g/mol. The standard InChI is InChI=1S/C9H15N5O2/c1-14-5-3-6(8(14)15)11-9-13-12-7(16-9)2-4-10/h6H,2-5,10H2,1H3,(H,11,13). The number of nitrogens with zero attached hydrogens (tertiary/aromatic N) is 3. The van der Waals surface area contributed by atoms with Gasteiger partial charge in [-0.25, -0.2) is 0 Å². The fraction of sp³-hybridized carbons (Fsp3) is 0.667. The summed E-state index contributed by atoms with van der Waals surface area (Å²) in [5.41, 5.74) is 5.36. The average Bonchev–Trinajstić information content (AvgIpc) is 2.82. The summed E-state index contributed by atoms with van der Waals surface area (Å²) in [5, 5.41) is 10.5. The molecule has 1 amide bonds. The first kappa shape index (κ1) is 10.9. The molecule has 1 aliphatic rings. The van der Waals surface area contributed by atoms with E-state index in [1.54, 1.807) is 11.9 Å². The number of aromatic nitrogens is 2. The van der Waals surface area contributed by atoms with Gasteiger partial charge in [0.25, 0.3) is 0 Å². The summed E-state index contributed by atoms with van der Waals surface area (Å²) in [6, 6.07) is 0.0354. The molecule has 16 heavy (non-hydrogen) atoms. The molecule has 1 unspecified atom stereocenters. The van der Waals surface area contributed by atoms with Gasteiger partial charge in [-0.1, -0.05) is 5.10 Å². The molecule has 2 heterocycles. The molecule has 1 atom stereocenters. The minimum atomic E-state index is -0.254. The number of amides is 1. The van der Waals surface area contributed by atoms with Crippen LogP contribution < -0.4 is 11.1 Å². The molecular formula is C9H15N5O2. The van der Waals surface area contributed by atoms with Crippen LogP contribution >= 0.6 is 0 Å². The molecule has 0 radical (unpaired) electrons. The van der Waals surface area contributed by atoms with Gasteiger partial charge in [0.15, 0.2) is 0 Å². The highest BCUT2D eigenvalue weighted by Gasteiger charge is 2.29. The lowest BCUT2D eigenvalue weighted by Gasteiger charge is -2.09. The van der Waals surface area contributed by atoms with Crippen molar-refractivity contribution in [3.63, 3.8) is 0 Å². The molecule has 7 heteroatoms. The van der Waals surface area contributed by atoms with Crippen LogP contribution in [0.3, 0.4) is 0 Å². The highest BCUT2D eigenvalue weighted by atomic mass is 16.4. The fourth-order valence-corrected chi connectivity index (χ4v) is 1.64. The second kappa shape index (κ2) is 4.48. The molecule has 3 N–H and O–H groups in total. The van der Waals surface area contributed by atoms with E-state index in [0.29, 0.717) is 18.9 Å². The Hall–Kier alpha value is -1.63. The summed E-state index contributed by atoms with van der Waals surface area (Å²) in [4.78, 5) is 13.3. The number of rotatable bonds is 4. The predicted octanol–water partition coefficient (Wildman–Crippen LogP) is -0.787. The van der Waals surface area contributed by atoms with Crippen molar-refractivity contribution in [2.24, 2.45) is 5.73 Å². The van der Waals surface area contributed by atoms with E-state index in [2.05, 4.69) is 15.5 Å². The van der Waals surface area contributed by atoms with Crippen molar-refractivity contribution in [1.82, 2.24) is 15.1 Å². The topological polar surface area (TPSA) is 97.3 Å². The molecule has 1 aromatic heterocycles. The molecule has 0 aromatic carbocycles. The number of hydrogen-bond acceptors (Lipinski definition) is 6. The van der Waals surface area contributed by atoms with Gasteiger partial charge in [-0.3, -0.25) is 4.79 Å². The summed E-state index contributed by atoms with van der Waals surface area (Å²) in [5.74, 6) is 0.544. The summed E-state index contributed by atoms with van der Waals surface area (Å²) < 4.78 is 5.29. The maximum absolute atomic E-state index is 11.6. The molecule has 88 valence electrons. The van der Waals surface area contributed by atoms with Crippen molar-refractivity contribution in [1.29, 1.82) is 0 Å². The summed E-state index contributed by atoms with van der Waals surface area (Å²) in [6.45, 7) is 1.22. The van der Waals surface area contributed by atoms with Crippen LogP contribution in [0.1, 0.15) is 12.3 Å². The van der Waals surface area contributed by atoms with E-state index in [-0.39, 0.29) is 18.0 Å². The normalized spacial score (nSPS) is 20.5. The third-order valence-corrected chi connectivity index (χ3v) is 2.55. The van der Waals surface area contributed by atoms with Crippen LogP contribution in [0, 0.1) is 0 Å². The van der Waals surface area contributed by atoms with Gasteiger partial charge in [0, 0.05) is 26.6 Å². The molecule has 0 aliphatic carbocycles. The first-order valence-corrected chi connectivity index (χ1v) is 5.24. The molecule has 1 aliphatic heterocycles. The Morgan fingerprint density at radius 2 is 2.44 bits per heavy atom. The van der Waals surface area contributed by atoms with Gasteiger partial charge in [0.05, 0.1) is 0 Å². The van der Waals surface area contributed by atoms with Crippen molar-refractivity contribution in [3.8, 4) is 0 Å². The largest absolute Gasteiger partial charge is 0.408 e. The molecule has 2 rings (SSSR count). The summed E-state index contributed by atoms with van der Waals surface area (Å²) in [7, 11) is 1.78. The first-order chi connectivity index (χ1) is 7.70. The van der Waals surface area contributed by atoms with Gasteiger partial charge in [-0.05, 0) is 6.42 Å². The van der Waals surface area contributed by atoms with Gasteiger partial charge in [0.1, 0.15) is 6.04 Å². The summed E-state index contributed by atoms with van der Waals surface area (Å²) in [6.07, 6.45) is 1.30. The highest BCUT2D eigenvalue weighted by molar-refractivity contribution is 5.85. The Balaban J connectivity index is 1.96. The van der Waals surface area contributed by atoms with Gasteiger partial charge in [-0.15, -0.1) is 5.10 Å². The van der Waals surface area contributed by atoms with Crippen LogP contribution in [0.25, 0.3) is 0 Å². The Labute approximate surface area is 93.0 Å². The van der Waals surface area contributed by atoms with E-state index in [1.165, 1.54) is 0 Å². The Bertz CT molecular complexity index is 378. The van der Waals surface area contributed by atoms with E-state index in [9.17, 15) is 4.79 Å². The van der Waals surface area contributed by atoms with E-state index in [4.69, 9.17) is 10.2 Å². The Kier molecular flexibility index (Phi) is 3.04. The van der Waals surface area contributed by atoms with Gasteiger partial charge < -0.3 is 20.4 Å². The number of likely N-dealkylation sites (N-methyl/N-ethyl adjacent to an activating group) is 1. The minimum Gasteiger partial charge on any atom is -0.408 e. The third-order valence-electron chi connectivity index (χ3n) is 2.55. The van der Waals surface area contributed by atoms with Gasteiger partial charge in [0.2, 0.25) is 11.8 Å². The van der Waals surface area contributed by atoms with E-state index >= 15 is 0 Å². The molecule has 1 aromatic rings. The van der Waals surface area contributed by atoms with Crippen molar-refractivity contribution < 1.29 is 9.21 Å². The van der Waals surface area contributed by atoms with Gasteiger partial charge >= 0.3 is 6.01 Å². The minimum absolute atomic E-state index is 0.0542. The maximum atomic E-state index is 11.6. The molecule has 0 bridgehead atoms. The van der Waals surface area contributed by atoms with Crippen molar-refractivity contribution >= 4 is 11.9 Å². The predicted molar refractivity (Wildman–Crippen MR) is 56.7 cm³/mol. The second-order valence-electron chi connectivity index (χ2n) is 3.79. The van der Waals surface area contributed by atoms with Crippen LogP contribution in [-0.2, 0) is 11.2 Å². The van der Waals surface area contributed by atoms with E-state index < -0.39 is 0 Å². The second-order valence-corrected chi connectivity index (χ2v) is 3.79. The fourth-order valence-electron chi connectivity index (χ4n) is 1.64. The lowest BCUT2D eigenvalue weighted by atomic mass is 10.2. The molecule has 1 saturated heterocycles. The number of carbonyl (C=O) groups excluding carboxylic acids is 1. The molecule has 0 spiro atoms. The SMILES string of the molecule is CN1CCC(Nc2nnc(CCN)o2)C1=O.